The van der Waals surface area contributed by atoms with E-state index in [-0.39, 0.29) is 0 Å². The van der Waals surface area contributed by atoms with E-state index in [4.69, 9.17) is 0 Å². The van der Waals surface area contributed by atoms with Crippen LogP contribution in [0.25, 0.3) is 0 Å². The third-order valence-electron chi connectivity index (χ3n) is 4.25. The Kier molecular flexibility index (Phi) is 5.86. The molecule has 1 aromatic heterocycles. The minimum Gasteiger partial charge on any atom is -0.318 e. The summed E-state index contributed by atoms with van der Waals surface area (Å²) >= 11 is 0. The smallest absolute Gasteiger partial charge is 0.0685 e. The number of aromatic amines is 1. The van der Waals surface area contributed by atoms with Crippen molar-refractivity contribution in [2.45, 2.75) is 44.4 Å². The second-order valence-corrected chi connectivity index (χ2v) is 5.79. The maximum absolute atomic E-state index is 4.52. The Bertz CT molecular complexity index is 355. The Morgan fingerprint density at radius 2 is 2.11 bits per heavy atom. The lowest BCUT2D eigenvalue weighted by molar-refractivity contribution is 0.338. The molecule has 1 fully saturated rings. The van der Waals surface area contributed by atoms with Crippen LogP contribution in [0, 0.1) is 0 Å². The average Bonchev–Trinajstić information content (AvgIpc) is 2.92. The number of rotatable bonds is 7. The zero-order valence-corrected chi connectivity index (χ0v) is 12.4. The van der Waals surface area contributed by atoms with Gasteiger partial charge in [0.1, 0.15) is 0 Å². The molecule has 0 aromatic carbocycles. The standard InChI is InChI=1S/C15H28N4/c1-16-9-11-19(2)10-8-14-12-17-18-15(14)13-6-4-3-5-7-13/h12-13,16H,3-11H2,1-2H3,(H,17,18). The summed E-state index contributed by atoms with van der Waals surface area (Å²) < 4.78 is 0. The van der Waals surface area contributed by atoms with Gasteiger partial charge in [0.15, 0.2) is 0 Å². The summed E-state index contributed by atoms with van der Waals surface area (Å²) in [5.74, 6) is 0.706. The number of aromatic nitrogens is 2. The third kappa shape index (κ3) is 4.32. The zero-order chi connectivity index (χ0) is 13.5. The van der Waals surface area contributed by atoms with Crippen LogP contribution in [0.5, 0.6) is 0 Å². The molecule has 108 valence electrons. The van der Waals surface area contributed by atoms with E-state index in [2.05, 4.69) is 33.7 Å². The fourth-order valence-electron chi connectivity index (χ4n) is 2.98. The normalized spacial score (nSPS) is 17.2. The van der Waals surface area contributed by atoms with E-state index in [1.54, 1.807) is 0 Å². The van der Waals surface area contributed by atoms with Crippen molar-refractivity contribution in [2.75, 3.05) is 33.7 Å². The Labute approximate surface area is 117 Å². The molecule has 0 amide bonds. The predicted octanol–water partition coefficient (Wildman–Crippen LogP) is 2.15. The van der Waals surface area contributed by atoms with E-state index in [9.17, 15) is 0 Å². The number of hydrogen-bond acceptors (Lipinski definition) is 3. The van der Waals surface area contributed by atoms with Crippen molar-refractivity contribution >= 4 is 0 Å². The Hall–Kier alpha value is -0.870. The topological polar surface area (TPSA) is 44.0 Å². The lowest BCUT2D eigenvalue weighted by atomic mass is 9.85. The Morgan fingerprint density at radius 3 is 2.84 bits per heavy atom. The molecule has 2 rings (SSSR count). The highest BCUT2D eigenvalue weighted by molar-refractivity contribution is 5.21. The molecule has 1 heterocycles. The van der Waals surface area contributed by atoms with Gasteiger partial charge in [-0.2, -0.15) is 5.10 Å². The van der Waals surface area contributed by atoms with Crippen molar-refractivity contribution < 1.29 is 0 Å². The van der Waals surface area contributed by atoms with Crippen LogP contribution in [0.15, 0.2) is 6.20 Å². The van der Waals surface area contributed by atoms with E-state index in [0.29, 0.717) is 5.92 Å². The zero-order valence-electron chi connectivity index (χ0n) is 12.4. The van der Waals surface area contributed by atoms with Crippen LogP contribution in [0.2, 0.25) is 0 Å². The molecule has 1 saturated carbocycles. The molecular weight excluding hydrogens is 236 g/mol. The molecule has 0 unspecified atom stereocenters. The molecule has 0 bridgehead atoms. The summed E-state index contributed by atoms with van der Waals surface area (Å²) in [7, 11) is 4.20. The van der Waals surface area contributed by atoms with Crippen LogP contribution in [-0.2, 0) is 6.42 Å². The molecule has 19 heavy (non-hydrogen) atoms. The first-order valence-electron chi connectivity index (χ1n) is 7.67. The van der Waals surface area contributed by atoms with Gasteiger partial charge < -0.3 is 10.2 Å². The van der Waals surface area contributed by atoms with Gasteiger partial charge in [-0.1, -0.05) is 19.3 Å². The quantitative estimate of drug-likeness (QED) is 0.793. The lowest BCUT2D eigenvalue weighted by Crippen LogP contribution is -2.29. The van der Waals surface area contributed by atoms with E-state index in [1.807, 2.05) is 7.05 Å². The lowest BCUT2D eigenvalue weighted by Gasteiger charge is -2.21. The van der Waals surface area contributed by atoms with E-state index < -0.39 is 0 Å². The maximum Gasteiger partial charge on any atom is 0.0685 e. The van der Waals surface area contributed by atoms with Crippen molar-refractivity contribution in [1.29, 1.82) is 0 Å². The fraction of sp³-hybridized carbons (Fsp3) is 0.800. The fourth-order valence-corrected chi connectivity index (χ4v) is 2.98. The van der Waals surface area contributed by atoms with Gasteiger partial charge in [0.05, 0.1) is 5.69 Å². The first-order chi connectivity index (χ1) is 9.31. The van der Waals surface area contributed by atoms with E-state index in [1.165, 1.54) is 43.4 Å². The molecule has 1 aromatic rings. The molecule has 0 spiro atoms. The maximum atomic E-state index is 4.52. The van der Waals surface area contributed by atoms with Crippen LogP contribution in [0.3, 0.4) is 0 Å². The van der Waals surface area contributed by atoms with Crippen molar-refractivity contribution in [3.05, 3.63) is 17.5 Å². The first-order valence-corrected chi connectivity index (χ1v) is 7.67. The van der Waals surface area contributed by atoms with Crippen LogP contribution >= 0.6 is 0 Å². The number of nitrogens with one attached hydrogen (secondary N) is 2. The molecule has 0 aliphatic heterocycles. The number of nitrogens with zero attached hydrogens (tertiary/aromatic N) is 2. The Morgan fingerprint density at radius 1 is 1.32 bits per heavy atom. The van der Waals surface area contributed by atoms with Crippen molar-refractivity contribution in [1.82, 2.24) is 20.4 Å². The van der Waals surface area contributed by atoms with E-state index in [0.717, 1.165) is 26.1 Å². The first kappa shape index (κ1) is 14.5. The summed E-state index contributed by atoms with van der Waals surface area (Å²) in [6, 6.07) is 0. The number of likely N-dealkylation sites (N-methyl/N-ethyl adjacent to an activating group) is 2. The molecule has 0 atom stereocenters. The SMILES string of the molecule is CNCCN(C)CCc1c[nH]nc1C1CCCCC1. The summed E-state index contributed by atoms with van der Waals surface area (Å²) in [5, 5.41) is 10.8. The minimum absolute atomic E-state index is 0.706. The van der Waals surface area contributed by atoms with Gasteiger partial charge in [-0.05, 0) is 38.9 Å². The van der Waals surface area contributed by atoms with Gasteiger partial charge in [0.25, 0.3) is 0 Å². The van der Waals surface area contributed by atoms with Crippen LogP contribution in [0.1, 0.15) is 49.3 Å². The van der Waals surface area contributed by atoms with Crippen molar-refractivity contribution in [2.24, 2.45) is 0 Å². The average molecular weight is 264 g/mol. The van der Waals surface area contributed by atoms with Crippen LogP contribution in [-0.4, -0.2) is 48.8 Å². The van der Waals surface area contributed by atoms with Crippen molar-refractivity contribution in [3.63, 3.8) is 0 Å². The van der Waals surface area contributed by atoms with Gasteiger partial charge in [-0.25, -0.2) is 0 Å². The third-order valence-corrected chi connectivity index (χ3v) is 4.25. The molecular formula is C15H28N4. The summed E-state index contributed by atoms with van der Waals surface area (Å²) in [5.41, 5.74) is 2.78. The van der Waals surface area contributed by atoms with Gasteiger partial charge in [-0.3, -0.25) is 5.10 Å². The molecule has 0 saturated heterocycles. The summed E-state index contributed by atoms with van der Waals surface area (Å²) in [6.07, 6.45) is 10.0. The van der Waals surface area contributed by atoms with Gasteiger partial charge in [0.2, 0.25) is 0 Å². The monoisotopic (exact) mass is 264 g/mol. The minimum atomic E-state index is 0.706. The molecule has 1 aliphatic carbocycles. The van der Waals surface area contributed by atoms with Gasteiger partial charge >= 0.3 is 0 Å². The molecule has 0 radical (unpaired) electrons. The molecule has 1 aliphatic rings. The van der Waals surface area contributed by atoms with Crippen molar-refractivity contribution in [3.8, 4) is 0 Å². The molecule has 2 N–H and O–H groups in total. The Balaban J connectivity index is 1.85. The van der Waals surface area contributed by atoms with Crippen LogP contribution < -0.4 is 5.32 Å². The second-order valence-electron chi connectivity index (χ2n) is 5.79. The van der Waals surface area contributed by atoms with Gasteiger partial charge in [0, 0.05) is 31.7 Å². The summed E-state index contributed by atoms with van der Waals surface area (Å²) in [6.45, 7) is 3.27. The highest BCUT2D eigenvalue weighted by Gasteiger charge is 2.20. The molecule has 4 nitrogen and oxygen atoms in total. The molecule has 4 heteroatoms. The highest BCUT2D eigenvalue weighted by Crippen LogP contribution is 2.33. The predicted molar refractivity (Wildman–Crippen MR) is 79.5 cm³/mol. The second kappa shape index (κ2) is 7.65. The number of hydrogen-bond donors (Lipinski definition) is 2. The van der Waals surface area contributed by atoms with E-state index >= 15 is 0 Å². The number of H-pyrrole nitrogens is 1. The highest BCUT2D eigenvalue weighted by atomic mass is 15.1. The van der Waals surface area contributed by atoms with Crippen LogP contribution in [0.4, 0.5) is 0 Å². The largest absolute Gasteiger partial charge is 0.318 e. The summed E-state index contributed by atoms with van der Waals surface area (Å²) in [4.78, 5) is 2.38. The van der Waals surface area contributed by atoms with Gasteiger partial charge in [-0.15, -0.1) is 0 Å².